The van der Waals surface area contributed by atoms with E-state index in [1.807, 2.05) is 0 Å². The second-order valence-electron chi connectivity index (χ2n) is 5.57. The van der Waals surface area contributed by atoms with Crippen molar-refractivity contribution in [2.75, 3.05) is 18.6 Å². The molecular formula is C18H17FN2O3. The molecule has 2 aromatic rings. The van der Waals surface area contributed by atoms with Crippen LogP contribution in [-0.4, -0.2) is 25.5 Å². The first-order chi connectivity index (χ1) is 11.5. The molecule has 0 unspecified atom stereocenters. The molecule has 2 N–H and O–H groups in total. The maximum absolute atomic E-state index is 13.6. The number of anilines is 1. The normalized spacial score (nSPS) is 13.3. The van der Waals surface area contributed by atoms with Gasteiger partial charge in [-0.3, -0.25) is 9.59 Å². The number of methoxy groups -OCH3 is 1. The van der Waals surface area contributed by atoms with Gasteiger partial charge in [0.15, 0.2) is 0 Å². The number of fused-ring (bicyclic) bond motifs is 1. The van der Waals surface area contributed by atoms with Gasteiger partial charge in [-0.15, -0.1) is 0 Å². The number of nitrogens with zero attached hydrogens (tertiary/aromatic N) is 1. The predicted molar refractivity (Wildman–Crippen MR) is 87.9 cm³/mol. The molecule has 5 nitrogen and oxygen atoms in total. The Labute approximate surface area is 138 Å². The lowest BCUT2D eigenvalue weighted by Crippen LogP contribution is -2.36. The largest absolute Gasteiger partial charge is 0.496 e. The second-order valence-corrected chi connectivity index (χ2v) is 5.57. The van der Waals surface area contributed by atoms with Gasteiger partial charge in [0.1, 0.15) is 11.6 Å². The van der Waals surface area contributed by atoms with Gasteiger partial charge in [0, 0.05) is 17.8 Å². The van der Waals surface area contributed by atoms with Crippen LogP contribution in [0.25, 0.3) is 0 Å². The Balaban J connectivity index is 2.07. The van der Waals surface area contributed by atoms with Gasteiger partial charge in [0.2, 0.25) is 5.91 Å². The fraction of sp³-hybridized carbons (Fsp3) is 0.222. The second kappa shape index (κ2) is 6.31. The summed E-state index contributed by atoms with van der Waals surface area (Å²) in [6.45, 7) is 0.480. The average molecular weight is 328 g/mol. The van der Waals surface area contributed by atoms with Crippen molar-refractivity contribution >= 4 is 17.5 Å². The van der Waals surface area contributed by atoms with E-state index in [4.69, 9.17) is 10.5 Å². The highest BCUT2D eigenvalue weighted by molar-refractivity contribution is 6.09. The Hall–Kier alpha value is -2.89. The highest BCUT2D eigenvalue weighted by atomic mass is 19.1. The van der Waals surface area contributed by atoms with Crippen LogP contribution < -0.4 is 15.4 Å². The van der Waals surface area contributed by atoms with Crippen LogP contribution in [0.1, 0.15) is 32.7 Å². The summed E-state index contributed by atoms with van der Waals surface area (Å²) in [5, 5.41) is 0. The van der Waals surface area contributed by atoms with E-state index in [2.05, 4.69) is 0 Å². The fourth-order valence-electron chi connectivity index (χ4n) is 3.06. The van der Waals surface area contributed by atoms with Crippen molar-refractivity contribution in [3.05, 3.63) is 58.9 Å². The van der Waals surface area contributed by atoms with Crippen LogP contribution >= 0.6 is 0 Å². The molecule has 2 aromatic carbocycles. The quantitative estimate of drug-likeness (QED) is 0.941. The first-order valence-corrected chi connectivity index (χ1v) is 7.60. The highest BCUT2D eigenvalue weighted by Gasteiger charge is 2.28. The van der Waals surface area contributed by atoms with Crippen molar-refractivity contribution in [2.24, 2.45) is 5.73 Å². The Bertz CT molecular complexity index is 820. The number of halogens is 1. The number of nitrogens with two attached hydrogens (primary N) is 1. The number of amides is 2. The number of primary amides is 1. The number of hydrogen-bond acceptors (Lipinski definition) is 3. The van der Waals surface area contributed by atoms with Gasteiger partial charge in [0.05, 0.1) is 12.7 Å². The Kier molecular flexibility index (Phi) is 4.20. The fourth-order valence-corrected chi connectivity index (χ4v) is 3.06. The van der Waals surface area contributed by atoms with Crippen molar-refractivity contribution < 1.29 is 18.7 Å². The van der Waals surface area contributed by atoms with E-state index in [0.29, 0.717) is 36.4 Å². The number of carbonyl (C=O) groups excluding carboxylic acids is 2. The van der Waals surface area contributed by atoms with Gasteiger partial charge in [-0.25, -0.2) is 4.39 Å². The minimum atomic E-state index is -0.524. The lowest BCUT2D eigenvalue weighted by atomic mass is 9.95. The summed E-state index contributed by atoms with van der Waals surface area (Å²) in [6.07, 6.45) is 1.36. The first kappa shape index (κ1) is 16.0. The molecule has 6 heteroatoms. The van der Waals surface area contributed by atoms with Gasteiger partial charge in [-0.05, 0) is 48.7 Å². The van der Waals surface area contributed by atoms with Crippen LogP contribution in [0.15, 0.2) is 36.4 Å². The third-order valence-corrected chi connectivity index (χ3v) is 4.15. The Morgan fingerprint density at radius 1 is 1.21 bits per heavy atom. The van der Waals surface area contributed by atoms with E-state index in [1.165, 1.54) is 19.2 Å². The molecule has 0 radical (unpaired) electrons. The smallest absolute Gasteiger partial charge is 0.262 e. The number of ether oxygens (including phenoxy) is 1. The minimum Gasteiger partial charge on any atom is -0.496 e. The summed E-state index contributed by atoms with van der Waals surface area (Å²) in [5.41, 5.74) is 7.37. The van der Waals surface area contributed by atoms with Crippen LogP contribution in [-0.2, 0) is 6.42 Å². The summed E-state index contributed by atoms with van der Waals surface area (Å²) < 4.78 is 18.8. The summed E-state index contributed by atoms with van der Waals surface area (Å²) >= 11 is 0. The third-order valence-electron chi connectivity index (χ3n) is 4.15. The zero-order valence-electron chi connectivity index (χ0n) is 13.2. The predicted octanol–water partition coefficient (Wildman–Crippen LogP) is 2.53. The van der Waals surface area contributed by atoms with Gasteiger partial charge in [0.25, 0.3) is 5.91 Å². The average Bonchev–Trinajstić information content (AvgIpc) is 2.59. The SMILES string of the molecule is COc1ccc(F)cc1C(=O)N1CCCc2c(C(N)=O)cccc21. The summed E-state index contributed by atoms with van der Waals surface area (Å²) in [5.74, 6) is -1.10. The van der Waals surface area contributed by atoms with Crippen molar-refractivity contribution in [1.82, 2.24) is 0 Å². The number of benzene rings is 2. The lowest BCUT2D eigenvalue weighted by Gasteiger charge is -2.31. The molecule has 2 amide bonds. The molecule has 1 heterocycles. The van der Waals surface area contributed by atoms with E-state index in [1.54, 1.807) is 23.1 Å². The molecule has 124 valence electrons. The summed E-state index contributed by atoms with van der Waals surface area (Å²) in [4.78, 5) is 26.1. The topological polar surface area (TPSA) is 72.6 Å². The van der Waals surface area contributed by atoms with E-state index < -0.39 is 11.7 Å². The highest BCUT2D eigenvalue weighted by Crippen LogP contribution is 2.32. The number of rotatable bonds is 3. The Morgan fingerprint density at radius 2 is 2.00 bits per heavy atom. The zero-order valence-corrected chi connectivity index (χ0v) is 13.2. The molecule has 0 saturated heterocycles. The molecule has 0 spiro atoms. The molecule has 24 heavy (non-hydrogen) atoms. The molecule has 1 aliphatic rings. The molecule has 0 fully saturated rings. The first-order valence-electron chi connectivity index (χ1n) is 7.60. The molecule has 0 aromatic heterocycles. The standard InChI is InChI=1S/C18H17FN2O3/c1-24-16-8-7-11(19)10-14(16)18(23)21-9-3-5-12-13(17(20)22)4-2-6-15(12)21/h2,4,6-8,10H,3,5,9H2,1H3,(H2,20,22). The van der Waals surface area contributed by atoms with Crippen LogP contribution in [0.4, 0.5) is 10.1 Å². The zero-order chi connectivity index (χ0) is 17.3. The van der Waals surface area contributed by atoms with E-state index in [9.17, 15) is 14.0 Å². The van der Waals surface area contributed by atoms with Crippen molar-refractivity contribution in [3.63, 3.8) is 0 Å². The maximum atomic E-state index is 13.6. The lowest BCUT2D eigenvalue weighted by molar-refractivity contribution is 0.0974. The van der Waals surface area contributed by atoms with Crippen LogP contribution in [0, 0.1) is 5.82 Å². The summed E-state index contributed by atoms with van der Waals surface area (Å²) in [7, 11) is 1.43. The Morgan fingerprint density at radius 3 is 2.71 bits per heavy atom. The molecule has 0 bridgehead atoms. The number of hydrogen-bond donors (Lipinski definition) is 1. The van der Waals surface area contributed by atoms with Crippen molar-refractivity contribution in [1.29, 1.82) is 0 Å². The molecule has 0 atom stereocenters. The monoisotopic (exact) mass is 328 g/mol. The number of carbonyl (C=O) groups is 2. The molecule has 1 aliphatic heterocycles. The van der Waals surface area contributed by atoms with Gasteiger partial charge < -0.3 is 15.4 Å². The molecular weight excluding hydrogens is 311 g/mol. The van der Waals surface area contributed by atoms with Crippen molar-refractivity contribution in [2.45, 2.75) is 12.8 Å². The van der Waals surface area contributed by atoms with E-state index >= 15 is 0 Å². The van der Waals surface area contributed by atoms with Gasteiger partial charge in [-0.1, -0.05) is 6.07 Å². The van der Waals surface area contributed by atoms with Gasteiger partial charge >= 0.3 is 0 Å². The molecule has 0 aliphatic carbocycles. The molecule has 0 saturated carbocycles. The molecule has 3 rings (SSSR count). The van der Waals surface area contributed by atoms with Crippen LogP contribution in [0.3, 0.4) is 0 Å². The van der Waals surface area contributed by atoms with E-state index in [-0.39, 0.29) is 11.5 Å². The minimum absolute atomic E-state index is 0.148. The van der Waals surface area contributed by atoms with Crippen LogP contribution in [0.5, 0.6) is 5.75 Å². The summed E-state index contributed by atoms with van der Waals surface area (Å²) in [6, 6.07) is 8.93. The maximum Gasteiger partial charge on any atom is 0.262 e. The van der Waals surface area contributed by atoms with Crippen LogP contribution in [0.2, 0.25) is 0 Å². The third kappa shape index (κ3) is 2.71. The van der Waals surface area contributed by atoms with E-state index in [0.717, 1.165) is 11.6 Å². The van der Waals surface area contributed by atoms with Gasteiger partial charge in [-0.2, -0.15) is 0 Å². The van der Waals surface area contributed by atoms with Crippen molar-refractivity contribution in [3.8, 4) is 5.75 Å².